The summed E-state index contributed by atoms with van der Waals surface area (Å²) in [4.78, 5) is 24.6. The van der Waals surface area contributed by atoms with Gasteiger partial charge in [0.15, 0.2) is 6.29 Å². The Morgan fingerprint density at radius 1 is 0.707 bits per heavy atom. The van der Waals surface area contributed by atoms with Crippen molar-refractivity contribution in [2.45, 2.75) is 129 Å². The van der Waals surface area contributed by atoms with Crippen LogP contribution in [-0.2, 0) is 22.6 Å². The van der Waals surface area contributed by atoms with Gasteiger partial charge in [-0.05, 0) is 78.0 Å². The van der Waals surface area contributed by atoms with Gasteiger partial charge in [0.05, 0.1) is 36.0 Å². The minimum atomic E-state index is -0.531. The zero-order chi connectivity index (χ0) is 40.4. The summed E-state index contributed by atoms with van der Waals surface area (Å²) in [5.74, 6) is -0.259. The van der Waals surface area contributed by atoms with Crippen molar-refractivity contribution in [3.63, 3.8) is 0 Å². The molecular formula is C50H64N4O4. The molecule has 0 aliphatic carbocycles. The number of hydrogen-bond acceptors (Lipinski definition) is 7. The number of aliphatic hydroxyl groups is 1. The van der Waals surface area contributed by atoms with Crippen molar-refractivity contribution < 1.29 is 19.4 Å². The van der Waals surface area contributed by atoms with Gasteiger partial charge < -0.3 is 24.8 Å². The monoisotopic (exact) mass is 784 g/mol. The molecule has 5 aromatic rings. The second-order valence-corrected chi connectivity index (χ2v) is 15.9. The minimum Gasteiger partial charge on any atom is -0.392 e. The molecule has 2 heterocycles. The predicted molar refractivity (Wildman–Crippen MR) is 234 cm³/mol. The Balaban J connectivity index is 1.15. The number of para-hydroxylation sites is 2. The summed E-state index contributed by atoms with van der Waals surface area (Å²) in [6.07, 6.45) is 17.1. The van der Waals surface area contributed by atoms with E-state index in [1.807, 2.05) is 48.5 Å². The third kappa shape index (κ3) is 13.0. The fourth-order valence-electron chi connectivity index (χ4n) is 7.91. The van der Waals surface area contributed by atoms with E-state index in [1.165, 1.54) is 83.2 Å². The topological polar surface area (TPSA) is 96.8 Å². The van der Waals surface area contributed by atoms with Gasteiger partial charge in [0, 0.05) is 25.1 Å². The second-order valence-electron chi connectivity index (χ2n) is 15.9. The molecule has 308 valence electrons. The summed E-state index contributed by atoms with van der Waals surface area (Å²) in [7, 11) is 0. The van der Waals surface area contributed by atoms with Crippen molar-refractivity contribution in [2.75, 3.05) is 19.6 Å². The first-order chi connectivity index (χ1) is 28.5. The van der Waals surface area contributed by atoms with Gasteiger partial charge in [-0.15, -0.1) is 0 Å². The van der Waals surface area contributed by atoms with Crippen molar-refractivity contribution in [3.8, 4) is 11.1 Å². The molecule has 3 atom stereocenters. The van der Waals surface area contributed by atoms with Gasteiger partial charge >= 0.3 is 0 Å². The van der Waals surface area contributed by atoms with Gasteiger partial charge in [-0.3, -0.25) is 9.78 Å². The highest BCUT2D eigenvalue weighted by atomic mass is 16.7. The second kappa shape index (κ2) is 23.2. The Morgan fingerprint density at radius 2 is 1.36 bits per heavy atom. The van der Waals surface area contributed by atoms with Gasteiger partial charge in [-0.2, -0.15) is 0 Å². The lowest BCUT2D eigenvalue weighted by Crippen LogP contribution is -2.40. The van der Waals surface area contributed by atoms with Gasteiger partial charge in [-0.1, -0.05) is 151 Å². The van der Waals surface area contributed by atoms with E-state index in [-0.39, 0.29) is 24.7 Å². The molecular weight excluding hydrogens is 721 g/mol. The number of aliphatic hydroxyl groups excluding tert-OH is 1. The van der Waals surface area contributed by atoms with Crippen LogP contribution in [0.15, 0.2) is 103 Å². The third-order valence-electron chi connectivity index (χ3n) is 11.3. The van der Waals surface area contributed by atoms with Crippen LogP contribution in [0.3, 0.4) is 0 Å². The normalized spacial score (nSPS) is 16.9. The van der Waals surface area contributed by atoms with Gasteiger partial charge in [0.1, 0.15) is 5.69 Å². The average molecular weight is 785 g/mol. The summed E-state index contributed by atoms with van der Waals surface area (Å²) >= 11 is 0. The molecule has 58 heavy (non-hydrogen) atoms. The Hall–Kier alpha value is -4.47. The van der Waals surface area contributed by atoms with Crippen LogP contribution in [0.5, 0.6) is 0 Å². The lowest BCUT2D eigenvalue weighted by Gasteiger charge is -2.38. The van der Waals surface area contributed by atoms with Crippen LogP contribution in [0.2, 0.25) is 0 Å². The standard InChI is InChI=1S/C50H64N4O4/c1-3-5-7-9-11-15-29-54(30-16-12-10-8-6-4-2)36-44-33-48(40-27-25-38(37-55)26-28-40)58-50(57-44)43-22-18-21-42(32-43)41-20-17-19-39(31-41)34-52-49(56)47-35-51-45-23-13-14-24-46(45)53-47/h13-14,17-28,31-32,35,44,48,50,55H,3-12,15-16,29-30,33-34,36-37H2,1-2H3,(H,52,56)/t44-,48+,50+/m1/s1. The number of aromatic nitrogens is 2. The minimum absolute atomic E-state index is 0.00402. The highest BCUT2D eigenvalue weighted by Crippen LogP contribution is 2.39. The Bertz CT molecular complexity index is 1970. The van der Waals surface area contributed by atoms with E-state index in [0.717, 1.165) is 65.0 Å². The lowest BCUT2D eigenvalue weighted by molar-refractivity contribution is -0.253. The molecule has 1 saturated heterocycles. The highest BCUT2D eigenvalue weighted by molar-refractivity contribution is 5.93. The molecule has 1 aliphatic heterocycles. The maximum atomic E-state index is 13.0. The molecule has 6 rings (SSSR count). The zero-order valence-corrected chi connectivity index (χ0v) is 34.8. The Labute approximate surface area is 346 Å². The first-order valence-corrected chi connectivity index (χ1v) is 21.9. The van der Waals surface area contributed by atoms with E-state index >= 15 is 0 Å². The first kappa shape index (κ1) is 43.1. The number of nitrogens with one attached hydrogen (secondary N) is 1. The molecule has 0 spiro atoms. The molecule has 8 nitrogen and oxygen atoms in total. The molecule has 0 radical (unpaired) electrons. The molecule has 8 heteroatoms. The van der Waals surface area contributed by atoms with E-state index in [0.29, 0.717) is 17.8 Å². The maximum absolute atomic E-state index is 13.0. The largest absolute Gasteiger partial charge is 0.392 e. The van der Waals surface area contributed by atoms with Crippen LogP contribution in [-0.4, -0.2) is 51.6 Å². The quantitative estimate of drug-likeness (QED) is 0.0637. The van der Waals surface area contributed by atoms with Gasteiger partial charge in [-0.25, -0.2) is 4.98 Å². The van der Waals surface area contributed by atoms with Crippen molar-refractivity contribution in [1.29, 1.82) is 0 Å². The van der Waals surface area contributed by atoms with Crippen LogP contribution in [0, 0.1) is 0 Å². The van der Waals surface area contributed by atoms with E-state index in [2.05, 4.69) is 82.6 Å². The number of amides is 1. The van der Waals surface area contributed by atoms with Crippen molar-refractivity contribution in [3.05, 3.63) is 131 Å². The first-order valence-electron chi connectivity index (χ1n) is 21.9. The smallest absolute Gasteiger partial charge is 0.271 e. The SMILES string of the molecule is CCCCCCCCN(CCCCCCCC)C[C@H]1C[C@@H](c2ccc(CO)cc2)O[C@@H](c2cccc(-c3cccc(CNC(=O)c4cnc5ccccc5n4)c3)c2)O1. The number of unbranched alkanes of at least 4 members (excludes halogenated alkanes) is 10. The number of carbonyl (C=O) groups excluding carboxylic acids is 1. The van der Waals surface area contributed by atoms with Crippen molar-refractivity contribution >= 4 is 16.9 Å². The molecule has 0 unspecified atom stereocenters. The van der Waals surface area contributed by atoms with Crippen LogP contribution in [0.4, 0.5) is 0 Å². The van der Waals surface area contributed by atoms with Crippen LogP contribution in [0.1, 0.15) is 142 Å². The third-order valence-corrected chi connectivity index (χ3v) is 11.3. The number of fused-ring (bicyclic) bond motifs is 1. The fraction of sp³-hybridized carbons (Fsp3) is 0.460. The summed E-state index contributed by atoms with van der Waals surface area (Å²) in [6, 6.07) is 32.4. The highest BCUT2D eigenvalue weighted by Gasteiger charge is 2.33. The Morgan fingerprint density at radius 3 is 2.07 bits per heavy atom. The molecule has 1 fully saturated rings. The van der Waals surface area contributed by atoms with Gasteiger partial charge in [0.25, 0.3) is 5.91 Å². The molecule has 4 aromatic carbocycles. The maximum Gasteiger partial charge on any atom is 0.271 e. The van der Waals surface area contributed by atoms with Crippen LogP contribution in [0.25, 0.3) is 22.2 Å². The predicted octanol–water partition coefficient (Wildman–Crippen LogP) is 11.3. The summed E-state index contributed by atoms with van der Waals surface area (Å²) in [5, 5.41) is 12.7. The summed E-state index contributed by atoms with van der Waals surface area (Å²) < 4.78 is 13.7. The van der Waals surface area contributed by atoms with Crippen LogP contribution < -0.4 is 5.32 Å². The number of benzene rings is 4. The van der Waals surface area contributed by atoms with E-state index in [4.69, 9.17) is 9.47 Å². The molecule has 0 bridgehead atoms. The number of hydrogen-bond donors (Lipinski definition) is 2. The number of carbonyl (C=O) groups is 1. The van der Waals surface area contributed by atoms with Crippen molar-refractivity contribution in [1.82, 2.24) is 20.2 Å². The zero-order valence-electron chi connectivity index (χ0n) is 34.8. The van der Waals surface area contributed by atoms with E-state index in [9.17, 15) is 9.90 Å². The fourth-order valence-corrected chi connectivity index (χ4v) is 7.91. The molecule has 1 aliphatic rings. The number of rotatable bonds is 23. The summed E-state index contributed by atoms with van der Waals surface area (Å²) in [5.41, 5.74) is 7.81. The molecule has 0 saturated carbocycles. The van der Waals surface area contributed by atoms with E-state index in [1.54, 1.807) is 0 Å². The number of nitrogens with zero attached hydrogens (tertiary/aromatic N) is 3. The molecule has 2 N–H and O–H groups in total. The van der Waals surface area contributed by atoms with Gasteiger partial charge in [0.2, 0.25) is 0 Å². The average Bonchev–Trinajstić information content (AvgIpc) is 3.27. The van der Waals surface area contributed by atoms with E-state index < -0.39 is 6.29 Å². The Kier molecular flexibility index (Phi) is 17.3. The van der Waals surface area contributed by atoms with Crippen LogP contribution >= 0.6 is 0 Å². The molecule has 1 aromatic heterocycles. The lowest BCUT2D eigenvalue weighted by atomic mass is 9.98. The van der Waals surface area contributed by atoms with Crippen molar-refractivity contribution in [2.24, 2.45) is 0 Å². The summed E-state index contributed by atoms with van der Waals surface area (Å²) in [6.45, 7) is 8.02. The number of ether oxygens (including phenoxy) is 2. The molecule has 1 amide bonds.